The van der Waals surface area contributed by atoms with Crippen LogP contribution in [0.4, 0.5) is 11.4 Å². The van der Waals surface area contributed by atoms with Crippen LogP contribution in [0.2, 0.25) is 0 Å². The van der Waals surface area contributed by atoms with E-state index in [0.29, 0.717) is 0 Å². The van der Waals surface area contributed by atoms with Crippen molar-refractivity contribution in [1.82, 2.24) is 0 Å². The summed E-state index contributed by atoms with van der Waals surface area (Å²) in [7, 11) is 0. The first-order valence-electron chi connectivity index (χ1n) is 9.29. The van der Waals surface area contributed by atoms with Crippen LogP contribution in [-0.2, 0) is 0 Å². The number of nitrogen functional groups attached to an aromatic ring is 2. The monoisotopic (exact) mass is 340 g/mol. The highest BCUT2D eigenvalue weighted by Gasteiger charge is 2.43. The van der Waals surface area contributed by atoms with Crippen LogP contribution in [0.25, 0.3) is 0 Å². The van der Waals surface area contributed by atoms with Crippen LogP contribution >= 0.6 is 0 Å². The molecule has 0 unspecified atom stereocenters. The van der Waals surface area contributed by atoms with Gasteiger partial charge in [0.1, 0.15) is 0 Å². The summed E-state index contributed by atoms with van der Waals surface area (Å²) in [5.74, 6) is 0.504. The average molecular weight is 340 g/mol. The Hall–Kier alpha value is -2.74. The van der Waals surface area contributed by atoms with E-state index in [1.165, 1.54) is 55.6 Å². The second-order valence-electron chi connectivity index (χ2n) is 7.97. The lowest BCUT2D eigenvalue weighted by Crippen LogP contribution is -2.30. The van der Waals surface area contributed by atoms with Gasteiger partial charge in [-0.15, -0.1) is 0 Å². The van der Waals surface area contributed by atoms with Gasteiger partial charge < -0.3 is 11.5 Å². The van der Waals surface area contributed by atoms with E-state index < -0.39 is 0 Å². The minimum atomic E-state index is 0.229. The van der Waals surface area contributed by atoms with E-state index in [2.05, 4.69) is 64.1 Å². The summed E-state index contributed by atoms with van der Waals surface area (Å²) in [6.07, 6.45) is 0. The molecule has 6 rings (SSSR count). The SMILES string of the molecule is Cc1cc2c(c(C)c1N)C1c3ccccc3C2c2cc(C)c(N)c(C)c21. The van der Waals surface area contributed by atoms with Crippen molar-refractivity contribution in [2.75, 3.05) is 11.5 Å². The highest BCUT2D eigenvalue weighted by atomic mass is 14.6. The van der Waals surface area contributed by atoms with E-state index in [4.69, 9.17) is 11.5 Å². The first kappa shape index (κ1) is 15.5. The Morgan fingerprint density at radius 2 is 1.04 bits per heavy atom. The van der Waals surface area contributed by atoms with Crippen LogP contribution in [0.3, 0.4) is 0 Å². The lowest BCUT2D eigenvalue weighted by molar-refractivity contribution is 0.742. The molecule has 26 heavy (non-hydrogen) atoms. The molecule has 0 radical (unpaired) electrons. The third-order valence-electron chi connectivity index (χ3n) is 6.65. The van der Waals surface area contributed by atoms with Gasteiger partial charge in [0.2, 0.25) is 0 Å². The smallest absolute Gasteiger partial charge is 0.0376 e. The molecule has 0 amide bonds. The normalized spacial score (nSPS) is 19.1. The van der Waals surface area contributed by atoms with Gasteiger partial charge in [-0.1, -0.05) is 36.4 Å². The van der Waals surface area contributed by atoms with Crippen molar-refractivity contribution in [1.29, 1.82) is 0 Å². The molecule has 2 heteroatoms. The molecule has 0 aliphatic heterocycles. The second kappa shape index (κ2) is 4.91. The predicted molar refractivity (Wildman–Crippen MR) is 109 cm³/mol. The van der Waals surface area contributed by atoms with Crippen LogP contribution in [0.15, 0.2) is 36.4 Å². The highest BCUT2D eigenvalue weighted by Crippen LogP contribution is 2.58. The third-order valence-corrected chi connectivity index (χ3v) is 6.65. The van der Waals surface area contributed by atoms with Gasteiger partial charge in [-0.2, -0.15) is 0 Å². The molecule has 4 N–H and O–H groups in total. The molecule has 0 spiro atoms. The number of nitrogens with two attached hydrogens (primary N) is 2. The standard InChI is InChI=1S/C24H24N2/c1-11-9-17-19(13(3)23(11)25)22-16-8-6-5-7-15(16)21(17)18-10-12(2)24(26)14(4)20(18)22/h5-10,21-22H,25-26H2,1-4H3. The Bertz CT molecular complexity index is 1040. The van der Waals surface area contributed by atoms with E-state index in [0.717, 1.165) is 11.4 Å². The largest absolute Gasteiger partial charge is 0.398 e. The van der Waals surface area contributed by atoms with Crippen molar-refractivity contribution in [2.24, 2.45) is 0 Å². The molecule has 0 aromatic heterocycles. The highest BCUT2D eigenvalue weighted by molar-refractivity contribution is 5.77. The zero-order valence-electron chi connectivity index (χ0n) is 15.8. The number of rotatable bonds is 0. The van der Waals surface area contributed by atoms with Crippen molar-refractivity contribution >= 4 is 11.4 Å². The maximum absolute atomic E-state index is 6.45. The minimum absolute atomic E-state index is 0.229. The van der Waals surface area contributed by atoms with E-state index >= 15 is 0 Å². The number of benzene rings is 3. The van der Waals surface area contributed by atoms with Crippen molar-refractivity contribution in [3.63, 3.8) is 0 Å². The van der Waals surface area contributed by atoms with Crippen LogP contribution in [0, 0.1) is 27.7 Å². The van der Waals surface area contributed by atoms with Gasteiger partial charge in [0.05, 0.1) is 0 Å². The van der Waals surface area contributed by atoms with E-state index in [-0.39, 0.29) is 11.8 Å². The lowest BCUT2D eigenvalue weighted by atomic mass is 9.59. The van der Waals surface area contributed by atoms with Gasteiger partial charge in [-0.25, -0.2) is 0 Å². The molecule has 0 fully saturated rings. The summed E-state index contributed by atoms with van der Waals surface area (Å²) in [6, 6.07) is 13.5. The lowest BCUT2D eigenvalue weighted by Gasteiger charge is -2.44. The summed E-state index contributed by atoms with van der Waals surface area (Å²) in [5.41, 5.74) is 28.0. The summed E-state index contributed by atoms with van der Waals surface area (Å²) in [6.45, 7) is 8.60. The van der Waals surface area contributed by atoms with Crippen LogP contribution in [-0.4, -0.2) is 0 Å². The van der Waals surface area contributed by atoms with E-state index in [1.54, 1.807) is 0 Å². The molecule has 3 aromatic carbocycles. The van der Waals surface area contributed by atoms with Gasteiger partial charge in [0.25, 0.3) is 0 Å². The first-order valence-corrected chi connectivity index (χ1v) is 9.29. The zero-order valence-corrected chi connectivity index (χ0v) is 15.8. The van der Waals surface area contributed by atoms with Crippen LogP contribution < -0.4 is 11.5 Å². The fourth-order valence-electron chi connectivity index (χ4n) is 5.33. The van der Waals surface area contributed by atoms with Crippen molar-refractivity contribution in [3.8, 4) is 0 Å². The van der Waals surface area contributed by atoms with Gasteiger partial charge in [0.15, 0.2) is 0 Å². The van der Waals surface area contributed by atoms with Crippen LogP contribution in [0.1, 0.15) is 67.5 Å². The quantitative estimate of drug-likeness (QED) is 0.387. The summed E-state index contributed by atoms with van der Waals surface area (Å²) in [4.78, 5) is 0. The third kappa shape index (κ3) is 1.67. The van der Waals surface area contributed by atoms with E-state index in [9.17, 15) is 0 Å². The molecule has 2 nitrogen and oxygen atoms in total. The van der Waals surface area contributed by atoms with Gasteiger partial charge in [-0.3, -0.25) is 0 Å². The number of aryl methyl sites for hydroxylation is 2. The molecule has 3 aromatic rings. The van der Waals surface area contributed by atoms with Crippen LogP contribution in [0.5, 0.6) is 0 Å². The Balaban J connectivity index is 1.96. The molecular formula is C24H24N2. The molecular weight excluding hydrogens is 316 g/mol. The minimum Gasteiger partial charge on any atom is -0.398 e. The maximum atomic E-state index is 6.45. The predicted octanol–water partition coefficient (Wildman–Crippen LogP) is 5.07. The molecule has 130 valence electrons. The molecule has 0 atom stereocenters. The summed E-state index contributed by atoms with van der Waals surface area (Å²) >= 11 is 0. The summed E-state index contributed by atoms with van der Waals surface area (Å²) in [5, 5.41) is 0. The zero-order chi connectivity index (χ0) is 18.3. The molecule has 0 heterocycles. The van der Waals surface area contributed by atoms with Gasteiger partial charge >= 0.3 is 0 Å². The molecule has 3 aliphatic rings. The Morgan fingerprint density at radius 3 is 1.50 bits per heavy atom. The second-order valence-corrected chi connectivity index (χ2v) is 7.97. The Morgan fingerprint density at radius 1 is 0.615 bits per heavy atom. The fourth-order valence-corrected chi connectivity index (χ4v) is 5.33. The Labute approximate surface area is 154 Å². The van der Waals surface area contributed by atoms with Crippen molar-refractivity contribution in [3.05, 3.63) is 92.0 Å². The van der Waals surface area contributed by atoms with Gasteiger partial charge in [-0.05, 0) is 83.3 Å². The van der Waals surface area contributed by atoms with Crippen molar-refractivity contribution < 1.29 is 0 Å². The van der Waals surface area contributed by atoms with E-state index in [1.807, 2.05) is 0 Å². The average Bonchev–Trinajstić information content (AvgIpc) is 2.63. The maximum Gasteiger partial charge on any atom is 0.0376 e. The first-order chi connectivity index (χ1) is 12.4. The molecule has 0 saturated heterocycles. The molecule has 3 aliphatic carbocycles. The van der Waals surface area contributed by atoms with Crippen molar-refractivity contribution in [2.45, 2.75) is 39.5 Å². The topological polar surface area (TPSA) is 52.0 Å². The fraction of sp³-hybridized carbons (Fsp3) is 0.250. The van der Waals surface area contributed by atoms with Gasteiger partial charge in [0, 0.05) is 23.2 Å². The molecule has 0 saturated carbocycles. The number of anilines is 2. The number of hydrogen-bond acceptors (Lipinski definition) is 2. The number of hydrogen-bond donors (Lipinski definition) is 2. The Kier molecular flexibility index (Phi) is 2.93. The summed E-state index contributed by atoms with van der Waals surface area (Å²) < 4.78 is 0. The molecule has 2 bridgehead atoms.